The monoisotopic (exact) mass is 244 g/mol. The lowest BCUT2D eigenvalue weighted by atomic mass is 10.3. The molecule has 0 saturated heterocycles. The fraction of sp³-hybridized carbons (Fsp3) is 0.500. The zero-order chi connectivity index (χ0) is 12.0. The maximum absolute atomic E-state index is 10.8. The number of nitrogen functional groups attached to an aromatic ring is 1. The van der Waals surface area contributed by atoms with Gasteiger partial charge in [0.1, 0.15) is 6.61 Å². The molecule has 0 aliphatic heterocycles. The van der Waals surface area contributed by atoms with Gasteiger partial charge in [0.25, 0.3) is 0 Å². The molecule has 1 aromatic rings. The molecule has 0 atom stereocenters. The van der Waals surface area contributed by atoms with Crippen LogP contribution in [0.3, 0.4) is 0 Å². The molecule has 1 heterocycles. The van der Waals surface area contributed by atoms with Gasteiger partial charge < -0.3 is 15.7 Å². The van der Waals surface area contributed by atoms with Crippen LogP contribution in [-0.4, -0.2) is 32.8 Å². The fourth-order valence-corrected chi connectivity index (χ4v) is 1.26. The Bertz CT molecular complexity index is 390. The second-order valence-corrected chi connectivity index (χ2v) is 3.67. The number of rotatable bonds is 6. The van der Waals surface area contributed by atoms with Crippen molar-refractivity contribution in [2.75, 3.05) is 12.3 Å². The van der Waals surface area contributed by atoms with E-state index in [0.717, 1.165) is 24.4 Å². The second-order valence-electron chi connectivity index (χ2n) is 2.89. The highest BCUT2D eigenvalue weighted by Crippen LogP contribution is 2.07. The minimum atomic E-state index is -1.24. The van der Waals surface area contributed by atoms with Crippen molar-refractivity contribution in [1.82, 2.24) is 9.36 Å². The highest BCUT2D eigenvalue weighted by atomic mass is 32.1. The maximum Gasteiger partial charge on any atom is 0.362 e. The largest absolute Gasteiger partial charge is 0.476 e. The van der Waals surface area contributed by atoms with Crippen LogP contribution in [0.5, 0.6) is 0 Å². The summed E-state index contributed by atoms with van der Waals surface area (Å²) in [5, 5.41) is 12.5. The summed E-state index contributed by atoms with van der Waals surface area (Å²) in [7, 11) is 0. The lowest BCUT2D eigenvalue weighted by molar-refractivity contribution is -0.129. The van der Waals surface area contributed by atoms with Gasteiger partial charge in [0.15, 0.2) is 5.13 Å². The molecule has 8 heteroatoms. The molecule has 0 unspecified atom stereocenters. The van der Waals surface area contributed by atoms with Gasteiger partial charge in [-0.2, -0.15) is 9.36 Å². The first-order chi connectivity index (χ1) is 7.65. The van der Waals surface area contributed by atoms with E-state index in [4.69, 9.17) is 15.7 Å². The first kappa shape index (κ1) is 12.4. The lowest BCUT2D eigenvalue weighted by Crippen LogP contribution is -2.17. The first-order valence-electron chi connectivity index (χ1n) is 4.68. The Morgan fingerprint density at radius 2 is 2.44 bits per heavy atom. The maximum atomic E-state index is 10.8. The van der Waals surface area contributed by atoms with Gasteiger partial charge in [0, 0.05) is 11.5 Å². The van der Waals surface area contributed by atoms with Crippen molar-refractivity contribution in [2.24, 2.45) is 5.16 Å². The molecule has 88 valence electrons. The molecule has 0 radical (unpaired) electrons. The Kier molecular flexibility index (Phi) is 4.65. The molecular formula is C8H12N4O3S. The van der Waals surface area contributed by atoms with Crippen LogP contribution < -0.4 is 5.73 Å². The summed E-state index contributed by atoms with van der Waals surface area (Å²) in [6.45, 7) is 2.36. The zero-order valence-electron chi connectivity index (χ0n) is 8.71. The molecular weight excluding hydrogens is 232 g/mol. The Morgan fingerprint density at radius 1 is 1.69 bits per heavy atom. The highest BCUT2D eigenvalue weighted by molar-refractivity contribution is 7.09. The molecule has 7 nitrogen and oxygen atoms in total. The van der Waals surface area contributed by atoms with Crippen LogP contribution in [0.4, 0.5) is 5.13 Å². The number of carboxylic acid groups (broad SMARTS) is 1. The molecule has 16 heavy (non-hydrogen) atoms. The summed E-state index contributed by atoms with van der Waals surface area (Å²) in [6.07, 6.45) is 1.75. The summed E-state index contributed by atoms with van der Waals surface area (Å²) < 4.78 is 3.75. The van der Waals surface area contributed by atoms with Gasteiger partial charge in [-0.1, -0.05) is 18.5 Å². The van der Waals surface area contributed by atoms with E-state index in [1.54, 1.807) is 0 Å². The van der Waals surface area contributed by atoms with E-state index in [2.05, 4.69) is 14.5 Å². The van der Waals surface area contributed by atoms with Crippen molar-refractivity contribution in [3.8, 4) is 0 Å². The number of nitrogens with two attached hydrogens (primary N) is 1. The third-order valence-electron chi connectivity index (χ3n) is 1.60. The second kappa shape index (κ2) is 6.01. The van der Waals surface area contributed by atoms with Gasteiger partial charge in [-0.15, -0.1) is 0 Å². The van der Waals surface area contributed by atoms with E-state index >= 15 is 0 Å². The van der Waals surface area contributed by atoms with E-state index in [0.29, 0.717) is 6.61 Å². The molecule has 0 amide bonds. The van der Waals surface area contributed by atoms with Gasteiger partial charge >= 0.3 is 5.97 Å². The topological polar surface area (TPSA) is 111 Å². The smallest absolute Gasteiger partial charge is 0.362 e. The van der Waals surface area contributed by atoms with E-state index in [1.807, 2.05) is 6.92 Å². The van der Waals surface area contributed by atoms with Crippen LogP contribution >= 0.6 is 11.5 Å². The standard InChI is InChI=1S/C8H12N4O3S/c1-2-3-4-15-11-5(7(13)14)6-10-8(9)16-12-6/h2-4H2,1H3,(H,13,14)(H2,9,10,12)/b11-5+. The highest BCUT2D eigenvalue weighted by Gasteiger charge is 2.18. The van der Waals surface area contributed by atoms with E-state index < -0.39 is 5.97 Å². The number of oxime groups is 1. The minimum Gasteiger partial charge on any atom is -0.476 e. The number of anilines is 1. The van der Waals surface area contributed by atoms with Crippen molar-refractivity contribution in [3.63, 3.8) is 0 Å². The Labute approximate surface area is 96.1 Å². The van der Waals surface area contributed by atoms with Crippen LogP contribution in [-0.2, 0) is 9.63 Å². The van der Waals surface area contributed by atoms with E-state index in [-0.39, 0.29) is 16.7 Å². The average Bonchev–Trinajstić information content (AvgIpc) is 2.64. The third-order valence-corrected chi connectivity index (χ3v) is 2.14. The molecule has 0 fully saturated rings. The summed E-state index contributed by atoms with van der Waals surface area (Å²) >= 11 is 0.911. The van der Waals surface area contributed by atoms with Crippen molar-refractivity contribution < 1.29 is 14.7 Å². The van der Waals surface area contributed by atoms with Crippen LogP contribution in [0.15, 0.2) is 5.16 Å². The molecule has 0 spiro atoms. The molecule has 0 aliphatic rings. The lowest BCUT2D eigenvalue weighted by Gasteiger charge is -1.98. The SMILES string of the molecule is CCCCO/N=C(/C(=O)O)c1nsc(N)n1. The van der Waals surface area contributed by atoms with Gasteiger partial charge in [0.2, 0.25) is 11.5 Å². The molecule has 0 bridgehead atoms. The normalized spacial score (nSPS) is 11.4. The average molecular weight is 244 g/mol. The van der Waals surface area contributed by atoms with Crippen molar-refractivity contribution in [1.29, 1.82) is 0 Å². The first-order valence-corrected chi connectivity index (χ1v) is 5.45. The van der Waals surface area contributed by atoms with Crippen molar-refractivity contribution in [2.45, 2.75) is 19.8 Å². The van der Waals surface area contributed by atoms with E-state index in [1.165, 1.54) is 0 Å². The summed E-state index contributed by atoms with van der Waals surface area (Å²) in [5.74, 6) is -1.26. The summed E-state index contributed by atoms with van der Waals surface area (Å²) in [6, 6.07) is 0. The molecule has 0 aliphatic carbocycles. The number of carboxylic acids is 1. The van der Waals surface area contributed by atoms with Crippen LogP contribution in [0, 0.1) is 0 Å². The third kappa shape index (κ3) is 3.46. The molecule has 1 rings (SSSR count). The van der Waals surface area contributed by atoms with Crippen molar-refractivity contribution >= 4 is 28.3 Å². The quantitative estimate of drug-likeness (QED) is 0.433. The summed E-state index contributed by atoms with van der Waals surface area (Å²) in [5.41, 5.74) is 5.02. The van der Waals surface area contributed by atoms with Gasteiger partial charge in [-0.05, 0) is 6.42 Å². The van der Waals surface area contributed by atoms with Gasteiger partial charge in [0.05, 0.1) is 0 Å². The number of hydrogen-bond acceptors (Lipinski definition) is 7. The molecule has 1 aromatic heterocycles. The Balaban J connectivity index is 2.71. The minimum absolute atomic E-state index is 0.0218. The fourth-order valence-electron chi connectivity index (χ4n) is 0.826. The Morgan fingerprint density at radius 3 is 2.94 bits per heavy atom. The Hall–Kier alpha value is -1.70. The number of aromatic nitrogens is 2. The van der Waals surface area contributed by atoms with Crippen LogP contribution in [0.25, 0.3) is 0 Å². The van der Waals surface area contributed by atoms with Crippen molar-refractivity contribution in [3.05, 3.63) is 5.82 Å². The molecule has 0 saturated carbocycles. The number of carbonyl (C=O) groups is 1. The number of unbranched alkanes of at least 4 members (excludes halogenated alkanes) is 1. The number of nitrogens with zero attached hydrogens (tertiary/aromatic N) is 3. The predicted octanol–water partition coefficient (Wildman–Crippen LogP) is 0.726. The van der Waals surface area contributed by atoms with Crippen LogP contribution in [0.1, 0.15) is 25.6 Å². The zero-order valence-corrected chi connectivity index (χ0v) is 9.53. The molecule has 3 N–H and O–H groups in total. The number of aliphatic carboxylic acids is 1. The van der Waals surface area contributed by atoms with Gasteiger partial charge in [-0.25, -0.2) is 4.79 Å². The summed E-state index contributed by atoms with van der Waals surface area (Å²) in [4.78, 5) is 19.4. The predicted molar refractivity (Wildman–Crippen MR) is 59.4 cm³/mol. The number of hydrogen-bond donors (Lipinski definition) is 2. The van der Waals surface area contributed by atoms with Crippen LogP contribution in [0.2, 0.25) is 0 Å². The van der Waals surface area contributed by atoms with Gasteiger partial charge in [-0.3, -0.25) is 0 Å². The molecule has 0 aromatic carbocycles. The van der Waals surface area contributed by atoms with E-state index in [9.17, 15) is 4.79 Å².